The van der Waals surface area contributed by atoms with Gasteiger partial charge in [0.15, 0.2) is 0 Å². The van der Waals surface area contributed by atoms with Gasteiger partial charge in [0, 0.05) is 0 Å². The minimum absolute atomic E-state index is 0. The van der Waals surface area contributed by atoms with Crippen molar-refractivity contribution in [1.82, 2.24) is 0 Å². The summed E-state index contributed by atoms with van der Waals surface area (Å²) in [6, 6.07) is 4.81. The van der Waals surface area contributed by atoms with Gasteiger partial charge in [-0.3, -0.25) is 0 Å². The summed E-state index contributed by atoms with van der Waals surface area (Å²) in [6.45, 7) is 0. The maximum Gasteiger partial charge on any atom is 1.00 e. The van der Waals surface area contributed by atoms with Crippen LogP contribution in [0.4, 0.5) is 0 Å². The van der Waals surface area contributed by atoms with Crippen LogP contribution in [0.3, 0.4) is 0 Å². The molecule has 1 rings (SSSR count). The first-order valence-electron chi connectivity index (χ1n) is 3.14. The summed E-state index contributed by atoms with van der Waals surface area (Å²) < 4.78 is 0. The van der Waals surface area contributed by atoms with Crippen LogP contribution < -0.4 is 69.3 Å². The maximum absolute atomic E-state index is 10.3. The number of rotatable bonds is 2. The molecule has 0 aliphatic carbocycles. The molecule has 15 heavy (non-hydrogen) atoms. The molecule has 0 atom stereocenters. The predicted molar refractivity (Wildman–Crippen MR) is 38.7 cm³/mol. The summed E-state index contributed by atoms with van der Waals surface area (Å²) in [5.41, 5.74) is -0.339. The Morgan fingerprint density at radius 2 is 1.27 bits per heavy atom. The van der Waals surface area contributed by atoms with Gasteiger partial charge >= 0.3 is 59.1 Å². The van der Waals surface area contributed by atoms with E-state index >= 15 is 0 Å². The zero-order valence-electron chi connectivity index (χ0n) is 8.44. The number of aromatic carboxylic acids is 2. The van der Waals surface area contributed by atoms with Crippen molar-refractivity contribution in [1.29, 1.82) is 0 Å². The molecule has 1 aromatic rings. The summed E-state index contributed by atoms with van der Waals surface area (Å²) in [4.78, 5) is 20.5. The predicted octanol–water partition coefficient (Wildman–Crippen LogP) is -8.40. The van der Waals surface area contributed by atoms with Crippen LogP contribution in [-0.4, -0.2) is 17.4 Å². The Balaban J connectivity index is -0.000000480. The zero-order valence-corrected chi connectivity index (χ0v) is 12.4. The van der Waals surface area contributed by atoms with E-state index in [4.69, 9.17) is 0 Å². The van der Waals surface area contributed by atoms with Crippen molar-refractivity contribution >= 4 is 11.9 Å². The fraction of sp³-hybridized carbons (Fsp3) is 0. The fourth-order valence-corrected chi connectivity index (χ4v) is 0.773. The first-order chi connectivity index (χ1) is 5.61. The summed E-state index contributed by atoms with van der Waals surface area (Å²) >= 11 is 0. The molecule has 0 saturated heterocycles. The largest absolute Gasteiger partial charge is 1.00 e. The van der Waals surface area contributed by atoms with Gasteiger partial charge in [-0.2, -0.15) is 0 Å². The molecule has 1 aromatic carbocycles. The van der Waals surface area contributed by atoms with Gasteiger partial charge in [-0.25, -0.2) is 0 Å². The number of carbonyl (C=O) groups is 2. The molecule has 0 heterocycles. The van der Waals surface area contributed by atoms with E-state index in [0.29, 0.717) is 0 Å². The quantitative estimate of drug-likeness (QED) is 0.468. The minimum atomic E-state index is -1.40. The van der Waals surface area contributed by atoms with Crippen LogP contribution in [0.1, 0.15) is 20.7 Å². The Morgan fingerprint density at radius 3 is 1.53 bits per heavy atom. The van der Waals surface area contributed by atoms with Crippen LogP contribution in [0, 0.1) is 0 Å². The molecule has 0 aromatic heterocycles. The average Bonchev–Trinajstić information content (AvgIpc) is 2.04. The van der Waals surface area contributed by atoms with E-state index in [2.05, 4.69) is 0 Å². The molecule has 2 N–H and O–H groups in total. The second-order valence-corrected chi connectivity index (χ2v) is 2.16. The third-order valence-corrected chi connectivity index (χ3v) is 1.33. The van der Waals surface area contributed by atoms with E-state index in [9.17, 15) is 19.8 Å². The van der Waals surface area contributed by atoms with Crippen molar-refractivity contribution in [2.24, 2.45) is 0 Å². The van der Waals surface area contributed by atoms with Gasteiger partial charge in [0.2, 0.25) is 0 Å². The van der Waals surface area contributed by atoms with Crippen LogP contribution >= 0.6 is 0 Å². The molecule has 70 valence electrons. The van der Waals surface area contributed by atoms with Crippen molar-refractivity contribution in [3.05, 3.63) is 35.4 Å². The van der Waals surface area contributed by atoms with Gasteiger partial charge in [-0.1, -0.05) is 18.2 Å². The zero-order chi connectivity index (χ0) is 9.14. The first kappa shape index (κ1) is 20.5. The first-order valence-corrected chi connectivity index (χ1v) is 3.14. The molecule has 0 aliphatic rings. The molecule has 0 spiro atoms. The SMILES string of the molecule is O.O=C([O-])c1cccc(C(=O)[O-])c1.[Na+].[Na+]. The van der Waals surface area contributed by atoms with Gasteiger partial charge < -0.3 is 25.3 Å². The van der Waals surface area contributed by atoms with Gasteiger partial charge in [-0.15, -0.1) is 0 Å². The van der Waals surface area contributed by atoms with E-state index < -0.39 is 11.9 Å². The summed E-state index contributed by atoms with van der Waals surface area (Å²) in [6.07, 6.45) is 0. The number of carbonyl (C=O) groups excluding carboxylic acids is 2. The van der Waals surface area contributed by atoms with Gasteiger partial charge in [-0.05, 0) is 17.2 Å². The second kappa shape index (κ2) is 9.35. The van der Waals surface area contributed by atoms with E-state index in [1.807, 2.05) is 0 Å². The Labute approximate surface area is 130 Å². The van der Waals surface area contributed by atoms with Crippen LogP contribution in [0.2, 0.25) is 0 Å². The number of hydrogen-bond donors (Lipinski definition) is 0. The summed E-state index contributed by atoms with van der Waals surface area (Å²) in [5.74, 6) is -2.81. The van der Waals surface area contributed by atoms with Gasteiger partial charge in [0.25, 0.3) is 0 Å². The molecule has 5 nitrogen and oxygen atoms in total. The van der Waals surface area contributed by atoms with Gasteiger partial charge in [0.05, 0.1) is 11.9 Å². The van der Waals surface area contributed by atoms with Crippen molar-refractivity contribution in [3.63, 3.8) is 0 Å². The van der Waals surface area contributed by atoms with Crippen LogP contribution in [-0.2, 0) is 0 Å². The van der Waals surface area contributed by atoms with Crippen molar-refractivity contribution in [3.8, 4) is 0 Å². The van der Waals surface area contributed by atoms with Crippen molar-refractivity contribution < 1.29 is 84.4 Å². The van der Waals surface area contributed by atoms with E-state index in [1.54, 1.807) is 0 Å². The second-order valence-electron chi connectivity index (χ2n) is 2.16. The Hall–Kier alpha value is 0.120. The number of carboxylic acids is 2. The maximum atomic E-state index is 10.3. The van der Waals surface area contributed by atoms with E-state index in [1.165, 1.54) is 18.2 Å². The smallest absolute Gasteiger partial charge is 0.545 e. The normalized spacial score (nSPS) is 7.47. The molecule has 0 aliphatic heterocycles. The molecule has 0 unspecified atom stereocenters. The minimum Gasteiger partial charge on any atom is -0.545 e. The molecule has 0 saturated carbocycles. The number of carboxylic acid groups (broad SMARTS) is 2. The van der Waals surface area contributed by atoms with E-state index in [0.717, 1.165) is 6.07 Å². The molecule has 7 heteroatoms. The monoisotopic (exact) mass is 228 g/mol. The number of hydrogen-bond acceptors (Lipinski definition) is 4. The third-order valence-electron chi connectivity index (χ3n) is 1.33. The summed E-state index contributed by atoms with van der Waals surface area (Å²) in [7, 11) is 0. The molecule has 0 bridgehead atoms. The van der Waals surface area contributed by atoms with Crippen LogP contribution in [0.5, 0.6) is 0 Å². The van der Waals surface area contributed by atoms with Crippen molar-refractivity contribution in [2.75, 3.05) is 0 Å². The average molecular weight is 228 g/mol. The fourth-order valence-electron chi connectivity index (χ4n) is 0.773. The Morgan fingerprint density at radius 1 is 0.933 bits per heavy atom. The third kappa shape index (κ3) is 6.32. The molecule has 0 radical (unpaired) electrons. The van der Waals surface area contributed by atoms with E-state index in [-0.39, 0.29) is 75.7 Å². The molecule has 0 fully saturated rings. The Bertz CT molecular complexity index is 310. The summed E-state index contributed by atoms with van der Waals surface area (Å²) in [5, 5.41) is 20.5. The number of benzene rings is 1. The molecular formula is C8H6Na2O5. The topological polar surface area (TPSA) is 112 Å². The molecule has 0 amide bonds. The Kier molecular flexibility index (Phi) is 12.8. The van der Waals surface area contributed by atoms with Crippen molar-refractivity contribution in [2.45, 2.75) is 0 Å². The standard InChI is InChI=1S/C8H6O4.2Na.H2O/c9-7(10)5-2-1-3-6(4-5)8(11)12;;;/h1-4H,(H,9,10)(H,11,12);;;1H2/q;2*+1;/p-2. The molecular weight excluding hydrogens is 222 g/mol. The van der Waals surface area contributed by atoms with Crippen LogP contribution in [0.15, 0.2) is 24.3 Å². The van der Waals surface area contributed by atoms with Gasteiger partial charge in [0.1, 0.15) is 0 Å². The van der Waals surface area contributed by atoms with Crippen LogP contribution in [0.25, 0.3) is 0 Å².